The molecular weight excluding hydrogens is 1220 g/mol. The standard InChI is InChI=1S/C62H81N9O20S/c1-33-29-71-54(55(33)80)60(85)64-28-43(75)26-45(65-56(81)40-11-9-37(10-12-40)38-13-15-42(16-14-38)69-22-19-39(20-23-69)36-6-4-3-5-7-36)57(82)66-51(34(2)74)61(86)70-30-44(76)27-46(70)58(83)67-52(49(79)24-35-8-17-47(77)50(25-35)89-92-91-90-88)59(84)68-53(62(71)87)48(78)18-21-63-41(31-72)32-73/h3-17,25,33-34,39,41,43-46,48-49,51-55,63,72-80,88H,18-24,26-32H2,1-2H3,(H,64,85)(H,65,81)(H,66,82)(H,67,83)(H,68,84)/t33-,34+,43+,44+,45?,46-,48+,49+,51-,52-,53-,54-,55-/m0/s1. The molecule has 7 amide bonds. The molecule has 4 saturated heterocycles. The lowest BCUT2D eigenvalue weighted by molar-refractivity contribution is -0.433. The first-order valence-corrected chi connectivity index (χ1v) is 31.0. The minimum absolute atomic E-state index is 0.0678. The van der Waals surface area contributed by atoms with Gasteiger partial charge in [-0.15, -0.1) is 0 Å². The second-order valence-corrected chi connectivity index (χ2v) is 24.1. The normalized spacial score (nSPS) is 26.0. The first-order chi connectivity index (χ1) is 44.1. The number of carbonyl (C=O) groups is 7. The Balaban J connectivity index is 1.08. The zero-order valence-corrected chi connectivity index (χ0v) is 51.4. The SMILES string of the molecule is C[C@@H](O)[C@@H]1NC(=O)C(NC(=O)c2ccc(-c3ccc(N4CCC(c5ccccc5)CC4)cc3)cc2)C[C@@H](O)CNC(=O)[C@@H]2[C@@H](O)[C@@H](C)CN2C(=O)[C@H]([C@H](O)CCNC(CO)CO)NC(=O)[C@H]([C@H](O)Cc2ccc(O)c(OSOOO)c2)NC(=O)[C@@H]2C[C@@H](O)CN2C1=O. The molecule has 13 atom stereocenters. The Morgan fingerprint density at radius 1 is 0.728 bits per heavy atom. The van der Waals surface area contributed by atoms with E-state index in [4.69, 9.17) is 9.44 Å². The van der Waals surface area contributed by atoms with Gasteiger partial charge in [0.25, 0.3) is 18.2 Å². The number of rotatable bonds is 20. The average molecular weight is 1300 g/mol. The number of carbonyl (C=O) groups excluding carboxylic acids is 7. The third-order valence-electron chi connectivity index (χ3n) is 17.2. The minimum Gasteiger partial charge on any atom is -0.504 e. The number of phenolic OH excluding ortho intramolecular Hbond substituents is 1. The van der Waals surface area contributed by atoms with Crippen LogP contribution in [0.25, 0.3) is 11.1 Å². The predicted octanol–water partition coefficient (Wildman–Crippen LogP) is -1.91. The van der Waals surface area contributed by atoms with Gasteiger partial charge in [-0.2, -0.15) is 0 Å². The van der Waals surface area contributed by atoms with Gasteiger partial charge in [-0.25, -0.2) is 5.26 Å². The minimum atomic E-state index is -2.15. The van der Waals surface area contributed by atoms with Crippen LogP contribution in [0.3, 0.4) is 0 Å². The molecule has 4 heterocycles. The molecule has 0 spiro atoms. The van der Waals surface area contributed by atoms with Crippen LogP contribution >= 0.6 is 12.3 Å². The van der Waals surface area contributed by atoms with Crippen molar-refractivity contribution in [1.29, 1.82) is 0 Å². The monoisotopic (exact) mass is 1300 g/mol. The molecule has 30 heteroatoms. The third-order valence-corrected chi connectivity index (χ3v) is 17.6. The Kier molecular flexibility index (Phi) is 25.1. The lowest BCUT2D eigenvalue weighted by Gasteiger charge is -2.34. The largest absolute Gasteiger partial charge is 0.504 e. The number of fused-ring (bicyclic) bond motifs is 2. The number of anilines is 1. The Morgan fingerprint density at radius 2 is 1.37 bits per heavy atom. The van der Waals surface area contributed by atoms with E-state index in [1.54, 1.807) is 12.1 Å². The third kappa shape index (κ3) is 17.8. The number of aliphatic hydroxyl groups excluding tert-OH is 8. The number of hydrogen-bond donors (Lipinski definition) is 16. The molecule has 500 valence electrons. The number of aromatic hydroxyl groups is 1. The van der Waals surface area contributed by atoms with Crippen LogP contribution in [-0.2, 0) is 44.6 Å². The summed E-state index contributed by atoms with van der Waals surface area (Å²) in [5.74, 6) is -8.99. The molecule has 0 saturated carbocycles. The maximum Gasteiger partial charge on any atom is 0.261 e. The number of nitrogens with zero attached hydrogens (tertiary/aromatic N) is 3. The van der Waals surface area contributed by atoms with Crippen molar-refractivity contribution < 1.29 is 98.3 Å². The Labute approximate surface area is 534 Å². The average Bonchev–Trinajstić information content (AvgIpc) is 1.62. The van der Waals surface area contributed by atoms with E-state index >= 15 is 0 Å². The number of hydrogen-bond acceptors (Lipinski definition) is 23. The van der Waals surface area contributed by atoms with Gasteiger partial charge in [0.1, 0.15) is 36.3 Å². The zero-order chi connectivity index (χ0) is 66.3. The van der Waals surface area contributed by atoms with Gasteiger partial charge >= 0.3 is 0 Å². The van der Waals surface area contributed by atoms with Gasteiger partial charge in [0.15, 0.2) is 11.5 Å². The van der Waals surface area contributed by atoms with Gasteiger partial charge in [0.05, 0.1) is 55.9 Å². The second-order valence-electron chi connectivity index (χ2n) is 23.7. The van der Waals surface area contributed by atoms with Crippen LogP contribution in [0.1, 0.15) is 73.4 Å². The lowest BCUT2D eigenvalue weighted by atomic mass is 9.89. The van der Waals surface area contributed by atoms with Gasteiger partial charge < -0.3 is 96.7 Å². The molecule has 4 aliphatic heterocycles. The van der Waals surface area contributed by atoms with Crippen molar-refractivity contribution >= 4 is 59.4 Å². The number of nitrogens with one attached hydrogen (secondary N) is 6. The summed E-state index contributed by atoms with van der Waals surface area (Å²) in [6, 6.07) is 16.3. The lowest BCUT2D eigenvalue weighted by Crippen LogP contribution is -2.64. The fourth-order valence-electron chi connectivity index (χ4n) is 12.0. The fourth-order valence-corrected chi connectivity index (χ4v) is 12.3. The van der Waals surface area contributed by atoms with Crippen molar-refractivity contribution in [2.75, 3.05) is 57.4 Å². The smallest absolute Gasteiger partial charge is 0.261 e. The van der Waals surface area contributed by atoms with Crippen molar-refractivity contribution in [2.45, 2.75) is 137 Å². The molecule has 4 fully saturated rings. The number of β-amino-alcohol motifs (C(OH)–C–C–N with tert-alkyl or cyclic N) is 1. The summed E-state index contributed by atoms with van der Waals surface area (Å²) in [6.07, 6.45) is -10.5. The van der Waals surface area contributed by atoms with Gasteiger partial charge in [-0.3, -0.25) is 33.6 Å². The molecule has 4 aromatic rings. The van der Waals surface area contributed by atoms with E-state index in [-0.39, 0.29) is 42.3 Å². The van der Waals surface area contributed by atoms with E-state index in [1.807, 2.05) is 30.3 Å². The summed E-state index contributed by atoms with van der Waals surface area (Å²) in [4.78, 5) is 106. The molecule has 29 nitrogen and oxygen atoms in total. The first-order valence-electron chi connectivity index (χ1n) is 30.4. The van der Waals surface area contributed by atoms with E-state index in [0.29, 0.717) is 5.92 Å². The number of aliphatic hydroxyl groups is 8. The fraction of sp³-hybridized carbons (Fsp3) is 0.500. The van der Waals surface area contributed by atoms with Crippen LogP contribution in [0.4, 0.5) is 5.69 Å². The maximum atomic E-state index is 15.0. The highest BCUT2D eigenvalue weighted by atomic mass is 32.2. The number of amides is 7. The maximum absolute atomic E-state index is 15.0. The van der Waals surface area contributed by atoms with E-state index in [9.17, 15) is 79.5 Å². The van der Waals surface area contributed by atoms with Crippen LogP contribution < -0.4 is 41.0 Å². The molecule has 1 unspecified atom stereocenters. The molecule has 4 aliphatic rings. The molecule has 0 bridgehead atoms. The topological polar surface area (TPSA) is 431 Å². The summed E-state index contributed by atoms with van der Waals surface area (Å²) in [5.41, 5.74) is 4.21. The van der Waals surface area contributed by atoms with Crippen LogP contribution in [0.2, 0.25) is 0 Å². The number of phenols is 1. The van der Waals surface area contributed by atoms with Gasteiger partial charge in [0.2, 0.25) is 35.4 Å². The van der Waals surface area contributed by atoms with Crippen molar-refractivity contribution in [1.82, 2.24) is 41.7 Å². The molecule has 4 aromatic carbocycles. The van der Waals surface area contributed by atoms with E-state index in [0.717, 1.165) is 65.5 Å². The van der Waals surface area contributed by atoms with Crippen LogP contribution in [-0.4, -0.2) is 234 Å². The molecule has 0 radical (unpaired) electrons. The molecule has 16 N–H and O–H groups in total. The summed E-state index contributed by atoms with van der Waals surface area (Å²) >= 11 is 0.0705. The van der Waals surface area contributed by atoms with Crippen molar-refractivity contribution in [3.63, 3.8) is 0 Å². The van der Waals surface area contributed by atoms with Crippen molar-refractivity contribution in [3.8, 4) is 22.6 Å². The van der Waals surface area contributed by atoms with E-state index < -0.39 is 184 Å². The van der Waals surface area contributed by atoms with Crippen LogP contribution in [0.15, 0.2) is 97.1 Å². The van der Waals surface area contributed by atoms with Crippen LogP contribution in [0.5, 0.6) is 11.5 Å². The number of piperidine rings is 1. The van der Waals surface area contributed by atoms with E-state index in [1.165, 1.54) is 36.8 Å². The zero-order valence-electron chi connectivity index (χ0n) is 50.6. The molecule has 0 aromatic heterocycles. The second kappa shape index (κ2) is 32.8. The summed E-state index contributed by atoms with van der Waals surface area (Å²) in [6.45, 7) is 1.54. The first kappa shape index (κ1) is 70.3. The van der Waals surface area contributed by atoms with Crippen molar-refractivity contribution in [2.24, 2.45) is 5.92 Å². The van der Waals surface area contributed by atoms with Crippen LogP contribution in [0, 0.1) is 5.92 Å². The Morgan fingerprint density at radius 3 is 2.02 bits per heavy atom. The van der Waals surface area contributed by atoms with Gasteiger partial charge in [-0.05, 0) is 97.3 Å². The molecule has 92 heavy (non-hydrogen) atoms. The summed E-state index contributed by atoms with van der Waals surface area (Å²) in [7, 11) is 0. The summed E-state index contributed by atoms with van der Waals surface area (Å²) < 4.78 is 9.37. The number of benzene rings is 4. The van der Waals surface area contributed by atoms with E-state index in [2.05, 4.69) is 70.4 Å². The van der Waals surface area contributed by atoms with Gasteiger partial charge in [0, 0.05) is 69.2 Å². The Bertz CT molecular complexity index is 3150. The van der Waals surface area contributed by atoms with Crippen molar-refractivity contribution in [3.05, 3.63) is 114 Å². The highest BCUT2D eigenvalue weighted by molar-refractivity contribution is 7.90. The molecule has 0 aliphatic carbocycles. The van der Waals surface area contributed by atoms with Gasteiger partial charge in [-0.1, -0.05) is 77.0 Å². The highest BCUT2D eigenvalue weighted by Gasteiger charge is 2.50. The quantitative estimate of drug-likeness (QED) is 0.0199. The molecule has 8 rings (SSSR count). The Hall–Kier alpha value is -7.56. The molecular formula is C62H81N9O20S. The predicted molar refractivity (Wildman–Crippen MR) is 329 cm³/mol. The summed E-state index contributed by atoms with van der Waals surface area (Å²) in [5, 5.41) is 126. The highest BCUT2D eigenvalue weighted by Crippen LogP contribution is 2.34.